The Kier molecular flexibility index (Phi) is 5.54. The third-order valence-corrected chi connectivity index (χ3v) is 5.22. The molecule has 0 bridgehead atoms. The van der Waals surface area contributed by atoms with Crippen LogP contribution in [0.5, 0.6) is 0 Å². The van der Waals surface area contributed by atoms with Crippen LogP contribution < -0.4 is 18.9 Å². The van der Waals surface area contributed by atoms with E-state index in [0.717, 1.165) is 29.4 Å². The van der Waals surface area contributed by atoms with Gasteiger partial charge in [0.05, 0.1) is 0 Å². The van der Waals surface area contributed by atoms with Crippen molar-refractivity contribution in [1.82, 2.24) is 0 Å². The molecule has 20 heavy (non-hydrogen) atoms. The van der Waals surface area contributed by atoms with E-state index in [1.807, 2.05) is 18.2 Å². The van der Waals surface area contributed by atoms with Crippen LogP contribution in [0.25, 0.3) is 11.1 Å². The molecule has 0 aromatic heterocycles. The van der Waals surface area contributed by atoms with Crippen LogP contribution in [0.15, 0.2) is 54.6 Å². The van der Waals surface area contributed by atoms with Crippen LogP contribution in [0.2, 0.25) is 0 Å². The quantitative estimate of drug-likeness (QED) is 0.594. The van der Waals surface area contributed by atoms with Gasteiger partial charge < -0.3 is 0 Å². The molecular formula is C17H17LiOS. The van der Waals surface area contributed by atoms with Crippen molar-refractivity contribution in [2.24, 2.45) is 0 Å². The second kappa shape index (κ2) is 7.18. The Labute approximate surface area is 135 Å². The molecule has 1 aliphatic heterocycles. The molecule has 2 aromatic carbocycles. The van der Waals surface area contributed by atoms with E-state index in [-0.39, 0.29) is 18.9 Å². The summed E-state index contributed by atoms with van der Waals surface area (Å²) in [4.78, 5) is 0. The minimum absolute atomic E-state index is 0. The second-order valence-electron chi connectivity index (χ2n) is 4.87. The van der Waals surface area contributed by atoms with Crippen molar-refractivity contribution in [2.75, 3.05) is 5.75 Å². The molecule has 0 radical (unpaired) electrons. The van der Waals surface area contributed by atoms with Crippen molar-refractivity contribution < 1.29 is 23.1 Å². The molecule has 0 amide bonds. The Bertz CT molecular complexity index is 565. The summed E-state index contributed by atoms with van der Waals surface area (Å²) in [5.41, 5.74) is 3.59. The predicted molar refractivity (Wildman–Crippen MR) is 81.1 cm³/mol. The number of hydrogen-bond acceptors (Lipinski definition) is 1. The SMILES string of the molecule is O=S1CCCC[C-]1c1ccc(-c2ccccc2)cc1.[Li+]. The molecule has 0 N–H and O–H groups in total. The molecule has 1 saturated heterocycles. The molecule has 0 spiro atoms. The summed E-state index contributed by atoms with van der Waals surface area (Å²) >= 11 is 0. The second-order valence-corrected chi connectivity index (χ2v) is 6.47. The molecular weight excluding hydrogens is 259 g/mol. The van der Waals surface area contributed by atoms with E-state index in [9.17, 15) is 4.21 Å². The van der Waals surface area contributed by atoms with Gasteiger partial charge in [0.25, 0.3) is 0 Å². The van der Waals surface area contributed by atoms with Crippen LogP contribution in [0.4, 0.5) is 0 Å². The molecule has 1 aliphatic rings. The first kappa shape index (κ1) is 15.4. The number of hydrogen-bond donors (Lipinski definition) is 0. The number of rotatable bonds is 2. The van der Waals surface area contributed by atoms with Crippen molar-refractivity contribution in [3.05, 3.63) is 65.4 Å². The summed E-state index contributed by atoms with van der Waals surface area (Å²) in [7, 11) is -0.763. The molecule has 0 aliphatic carbocycles. The van der Waals surface area contributed by atoms with E-state index >= 15 is 0 Å². The maximum atomic E-state index is 12.0. The smallest absolute Gasteiger partial charge is 0.268 e. The van der Waals surface area contributed by atoms with Crippen molar-refractivity contribution in [2.45, 2.75) is 19.3 Å². The van der Waals surface area contributed by atoms with Gasteiger partial charge in [0, 0.05) is 5.75 Å². The van der Waals surface area contributed by atoms with Crippen molar-refractivity contribution in [3.63, 3.8) is 0 Å². The van der Waals surface area contributed by atoms with E-state index in [1.54, 1.807) is 0 Å². The minimum atomic E-state index is -0.763. The summed E-state index contributed by atoms with van der Waals surface area (Å²) < 4.78 is 12.0. The monoisotopic (exact) mass is 276 g/mol. The maximum Gasteiger partial charge on any atom is 1.00 e. The number of benzene rings is 2. The van der Waals surface area contributed by atoms with Crippen LogP contribution in [0, 0.1) is 5.25 Å². The molecule has 1 unspecified atom stereocenters. The Morgan fingerprint density at radius 2 is 1.50 bits per heavy atom. The molecule has 1 nitrogen and oxygen atoms in total. The summed E-state index contributed by atoms with van der Waals surface area (Å²) in [6.07, 6.45) is 3.25. The zero-order valence-corrected chi connectivity index (χ0v) is 12.7. The topological polar surface area (TPSA) is 17.1 Å². The van der Waals surface area contributed by atoms with Gasteiger partial charge >= 0.3 is 18.9 Å². The van der Waals surface area contributed by atoms with E-state index < -0.39 is 10.8 Å². The van der Waals surface area contributed by atoms with Gasteiger partial charge in [-0.3, -0.25) is 4.21 Å². The normalized spacial score (nSPS) is 18.4. The van der Waals surface area contributed by atoms with Crippen LogP contribution >= 0.6 is 0 Å². The van der Waals surface area contributed by atoms with Gasteiger partial charge in [-0.1, -0.05) is 48.4 Å². The van der Waals surface area contributed by atoms with E-state index in [2.05, 4.69) is 36.4 Å². The molecule has 0 saturated carbocycles. The Hall–Kier alpha value is -0.943. The molecule has 1 heterocycles. The molecule has 2 aromatic rings. The Balaban J connectivity index is 0.00000147. The summed E-state index contributed by atoms with van der Waals surface area (Å²) in [6.45, 7) is 0. The van der Waals surface area contributed by atoms with Gasteiger partial charge in [-0.25, -0.2) is 0 Å². The summed E-state index contributed by atoms with van der Waals surface area (Å²) in [5, 5.41) is 1.13. The van der Waals surface area contributed by atoms with Crippen LogP contribution in [-0.2, 0) is 10.8 Å². The zero-order chi connectivity index (χ0) is 13.1. The van der Waals surface area contributed by atoms with E-state index in [0.29, 0.717) is 0 Å². The third kappa shape index (κ3) is 3.38. The molecule has 3 heteroatoms. The summed E-state index contributed by atoms with van der Waals surface area (Å²) in [5.74, 6) is 0.829. The molecule has 1 fully saturated rings. The van der Waals surface area contributed by atoms with Gasteiger partial charge in [-0.05, 0) is 28.3 Å². The first-order valence-electron chi connectivity index (χ1n) is 6.75. The van der Waals surface area contributed by atoms with Crippen LogP contribution in [0.3, 0.4) is 0 Å². The van der Waals surface area contributed by atoms with Gasteiger partial charge in [0.2, 0.25) is 0 Å². The fourth-order valence-electron chi connectivity index (χ4n) is 2.51. The van der Waals surface area contributed by atoms with Gasteiger partial charge in [-0.15, -0.1) is 12.1 Å². The van der Waals surface area contributed by atoms with Crippen molar-refractivity contribution >= 4 is 10.8 Å². The standard InChI is InChI=1S/C17H17OS.Li/c18-19-13-5-4-8-17(19)16-11-9-15(10-12-16)14-6-2-1-3-7-14;/h1-3,6-7,9-12H,4-5,8,13H2;/q-1;+1. The molecule has 3 rings (SSSR count). The minimum Gasteiger partial charge on any atom is -0.268 e. The average molecular weight is 276 g/mol. The fraction of sp³-hybridized carbons (Fsp3) is 0.235. The van der Waals surface area contributed by atoms with E-state index in [4.69, 9.17) is 0 Å². The summed E-state index contributed by atoms with van der Waals surface area (Å²) in [6, 6.07) is 18.8. The third-order valence-electron chi connectivity index (χ3n) is 3.57. The fourth-order valence-corrected chi connectivity index (χ4v) is 3.99. The van der Waals surface area contributed by atoms with Gasteiger partial charge in [0.15, 0.2) is 0 Å². The van der Waals surface area contributed by atoms with Gasteiger partial charge in [-0.2, -0.15) is 17.7 Å². The average Bonchev–Trinajstić information content (AvgIpc) is 2.49. The first-order valence-corrected chi connectivity index (χ1v) is 8.06. The molecule has 1 atom stereocenters. The van der Waals surface area contributed by atoms with E-state index in [1.165, 1.54) is 17.5 Å². The Morgan fingerprint density at radius 3 is 2.15 bits per heavy atom. The maximum absolute atomic E-state index is 12.0. The van der Waals surface area contributed by atoms with Crippen LogP contribution in [0.1, 0.15) is 24.8 Å². The molecule has 98 valence electrons. The van der Waals surface area contributed by atoms with Crippen LogP contribution in [-0.4, -0.2) is 9.96 Å². The zero-order valence-electron chi connectivity index (χ0n) is 11.8. The Morgan fingerprint density at radius 1 is 0.850 bits per heavy atom. The van der Waals surface area contributed by atoms with Gasteiger partial charge in [0.1, 0.15) is 0 Å². The first-order chi connectivity index (χ1) is 9.34. The predicted octanol–water partition coefficient (Wildman–Crippen LogP) is 1.17. The largest absolute Gasteiger partial charge is 1.00 e. The van der Waals surface area contributed by atoms with Crippen molar-refractivity contribution in [3.8, 4) is 11.1 Å². The van der Waals surface area contributed by atoms with Crippen molar-refractivity contribution in [1.29, 1.82) is 0 Å².